The summed E-state index contributed by atoms with van der Waals surface area (Å²) in [7, 11) is 3.39. The molecule has 1 aromatic carbocycles. The van der Waals surface area contributed by atoms with Gasteiger partial charge in [0.2, 0.25) is 0 Å². The SMILES string of the molecule is CCC1CCC(CNCc2cc(OC)cc(OC)c2)CC1. The predicted octanol–water partition coefficient (Wildman–Crippen LogP) is 4.01. The largest absolute Gasteiger partial charge is 0.497 e. The first-order valence-corrected chi connectivity index (χ1v) is 8.17. The zero-order valence-electron chi connectivity index (χ0n) is 13.7. The summed E-state index contributed by atoms with van der Waals surface area (Å²) in [5.41, 5.74) is 1.22. The lowest BCUT2D eigenvalue weighted by Gasteiger charge is -2.28. The topological polar surface area (TPSA) is 30.5 Å². The van der Waals surface area contributed by atoms with Crippen LogP contribution in [0.5, 0.6) is 11.5 Å². The minimum atomic E-state index is 0.848. The van der Waals surface area contributed by atoms with Crippen LogP contribution in [0.1, 0.15) is 44.6 Å². The van der Waals surface area contributed by atoms with Gasteiger partial charge in [-0.3, -0.25) is 0 Å². The fraction of sp³-hybridized carbons (Fsp3) is 0.667. The lowest BCUT2D eigenvalue weighted by Crippen LogP contribution is -2.26. The number of benzene rings is 1. The van der Waals surface area contributed by atoms with Crippen molar-refractivity contribution in [2.24, 2.45) is 11.8 Å². The van der Waals surface area contributed by atoms with Gasteiger partial charge in [0.25, 0.3) is 0 Å². The van der Waals surface area contributed by atoms with Gasteiger partial charge in [-0.2, -0.15) is 0 Å². The van der Waals surface area contributed by atoms with Crippen LogP contribution in [-0.4, -0.2) is 20.8 Å². The van der Waals surface area contributed by atoms with E-state index in [0.29, 0.717) is 0 Å². The minimum absolute atomic E-state index is 0.848. The number of hydrogen-bond acceptors (Lipinski definition) is 3. The van der Waals surface area contributed by atoms with Crippen LogP contribution >= 0.6 is 0 Å². The highest BCUT2D eigenvalue weighted by molar-refractivity contribution is 5.38. The molecular weight excluding hydrogens is 262 g/mol. The predicted molar refractivity (Wildman–Crippen MR) is 87.0 cm³/mol. The van der Waals surface area contributed by atoms with E-state index in [4.69, 9.17) is 9.47 Å². The fourth-order valence-corrected chi connectivity index (χ4v) is 3.23. The molecule has 0 heterocycles. The molecule has 1 aliphatic carbocycles. The maximum absolute atomic E-state index is 5.31. The molecule has 0 spiro atoms. The van der Waals surface area contributed by atoms with Crippen molar-refractivity contribution in [3.05, 3.63) is 23.8 Å². The number of nitrogens with one attached hydrogen (secondary N) is 1. The molecule has 0 amide bonds. The van der Waals surface area contributed by atoms with E-state index in [1.807, 2.05) is 6.07 Å². The van der Waals surface area contributed by atoms with Crippen molar-refractivity contribution in [3.63, 3.8) is 0 Å². The Labute approximate surface area is 129 Å². The van der Waals surface area contributed by atoms with Crippen molar-refractivity contribution in [3.8, 4) is 11.5 Å². The smallest absolute Gasteiger partial charge is 0.122 e. The number of hydrogen-bond donors (Lipinski definition) is 1. The Kier molecular flexibility index (Phi) is 6.37. The van der Waals surface area contributed by atoms with Crippen LogP contribution in [0.15, 0.2) is 18.2 Å². The molecule has 0 aromatic heterocycles. The van der Waals surface area contributed by atoms with Crippen molar-refractivity contribution in [2.75, 3.05) is 20.8 Å². The van der Waals surface area contributed by atoms with Crippen LogP contribution in [0.4, 0.5) is 0 Å². The van der Waals surface area contributed by atoms with E-state index in [9.17, 15) is 0 Å². The standard InChI is InChI=1S/C18H29NO2/c1-4-14-5-7-15(8-6-14)12-19-13-16-9-17(20-2)11-18(10-16)21-3/h9-11,14-15,19H,4-8,12-13H2,1-3H3. The maximum Gasteiger partial charge on any atom is 0.122 e. The Morgan fingerprint density at radius 3 is 2.05 bits per heavy atom. The Morgan fingerprint density at radius 1 is 0.952 bits per heavy atom. The van der Waals surface area contributed by atoms with Gasteiger partial charge < -0.3 is 14.8 Å². The Hall–Kier alpha value is -1.22. The van der Waals surface area contributed by atoms with Gasteiger partial charge >= 0.3 is 0 Å². The van der Waals surface area contributed by atoms with E-state index in [1.165, 1.54) is 37.7 Å². The average molecular weight is 291 g/mol. The number of methoxy groups -OCH3 is 2. The quantitative estimate of drug-likeness (QED) is 0.823. The molecule has 0 radical (unpaired) electrons. The fourth-order valence-electron chi connectivity index (χ4n) is 3.23. The zero-order chi connectivity index (χ0) is 15.1. The second-order valence-electron chi connectivity index (χ2n) is 6.15. The molecule has 1 aromatic rings. The summed E-state index contributed by atoms with van der Waals surface area (Å²) < 4.78 is 10.6. The average Bonchev–Trinajstić information content (AvgIpc) is 2.55. The summed E-state index contributed by atoms with van der Waals surface area (Å²) >= 11 is 0. The van der Waals surface area contributed by atoms with Gasteiger partial charge in [0.1, 0.15) is 11.5 Å². The maximum atomic E-state index is 5.31. The Balaban J connectivity index is 1.78. The molecule has 2 rings (SSSR count). The second kappa shape index (κ2) is 8.28. The van der Waals surface area contributed by atoms with E-state index in [1.54, 1.807) is 14.2 Å². The molecule has 21 heavy (non-hydrogen) atoms. The van der Waals surface area contributed by atoms with Crippen molar-refractivity contribution in [1.29, 1.82) is 0 Å². The van der Waals surface area contributed by atoms with Crippen LogP contribution < -0.4 is 14.8 Å². The lowest BCUT2D eigenvalue weighted by molar-refractivity contribution is 0.262. The van der Waals surface area contributed by atoms with E-state index >= 15 is 0 Å². The number of rotatable bonds is 7. The molecule has 1 saturated carbocycles. The second-order valence-corrected chi connectivity index (χ2v) is 6.15. The molecule has 3 heteroatoms. The first kappa shape index (κ1) is 16.2. The molecule has 0 bridgehead atoms. The summed E-state index contributed by atoms with van der Waals surface area (Å²) in [6.07, 6.45) is 6.94. The molecule has 0 saturated heterocycles. The molecule has 0 aliphatic heterocycles. The third-order valence-corrected chi connectivity index (χ3v) is 4.72. The van der Waals surface area contributed by atoms with E-state index in [0.717, 1.165) is 36.4 Å². The van der Waals surface area contributed by atoms with E-state index < -0.39 is 0 Å². The summed E-state index contributed by atoms with van der Waals surface area (Å²) in [6.45, 7) is 4.32. The normalized spacial score (nSPS) is 22.0. The van der Waals surface area contributed by atoms with E-state index in [2.05, 4.69) is 24.4 Å². The lowest BCUT2D eigenvalue weighted by atomic mass is 9.81. The van der Waals surface area contributed by atoms with Gasteiger partial charge in [-0.05, 0) is 48.9 Å². The summed E-state index contributed by atoms with van der Waals surface area (Å²) in [5, 5.41) is 3.60. The molecule has 1 N–H and O–H groups in total. The van der Waals surface area contributed by atoms with Crippen LogP contribution in [0.2, 0.25) is 0 Å². The van der Waals surface area contributed by atoms with E-state index in [-0.39, 0.29) is 0 Å². The van der Waals surface area contributed by atoms with Gasteiger partial charge in [-0.15, -0.1) is 0 Å². The van der Waals surface area contributed by atoms with Gasteiger partial charge in [-0.1, -0.05) is 26.2 Å². The van der Waals surface area contributed by atoms with Crippen molar-refractivity contribution in [2.45, 2.75) is 45.6 Å². The van der Waals surface area contributed by atoms with Gasteiger partial charge in [-0.25, -0.2) is 0 Å². The molecule has 1 fully saturated rings. The molecule has 3 nitrogen and oxygen atoms in total. The van der Waals surface area contributed by atoms with Crippen molar-refractivity contribution >= 4 is 0 Å². The number of ether oxygens (including phenoxy) is 2. The summed E-state index contributed by atoms with van der Waals surface area (Å²) in [6, 6.07) is 6.06. The molecule has 1 aliphatic rings. The van der Waals surface area contributed by atoms with Gasteiger partial charge in [0.15, 0.2) is 0 Å². The van der Waals surface area contributed by atoms with Crippen LogP contribution in [0, 0.1) is 11.8 Å². The molecule has 0 atom stereocenters. The Bertz CT molecular complexity index is 403. The minimum Gasteiger partial charge on any atom is -0.497 e. The molecule has 118 valence electrons. The van der Waals surface area contributed by atoms with Crippen LogP contribution in [0.25, 0.3) is 0 Å². The highest BCUT2D eigenvalue weighted by Gasteiger charge is 2.19. The van der Waals surface area contributed by atoms with Gasteiger partial charge in [0, 0.05) is 12.6 Å². The highest BCUT2D eigenvalue weighted by Crippen LogP contribution is 2.30. The Morgan fingerprint density at radius 2 is 1.52 bits per heavy atom. The highest BCUT2D eigenvalue weighted by atomic mass is 16.5. The van der Waals surface area contributed by atoms with Crippen molar-refractivity contribution < 1.29 is 9.47 Å². The van der Waals surface area contributed by atoms with Gasteiger partial charge in [0.05, 0.1) is 14.2 Å². The summed E-state index contributed by atoms with van der Waals surface area (Å²) in [4.78, 5) is 0. The molecular formula is C18H29NO2. The first-order valence-electron chi connectivity index (χ1n) is 8.17. The van der Waals surface area contributed by atoms with Crippen molar-refractivity contribution in [1.82, 2.24) is 5.32 Å². The first-order chi connectivity index (χ1) is 10.2. The zero-order valence-corrected chi connectivity index (χ0v) is 13.7. The monoisotopic (exact) mass is 291 g/mol. The van der Waals surface area contributed by atoms with Crippen LogP contribution in [0.3, 0.4) is 0 Å². The molecule has 0 unspecified atom stereocenters. The third kappa shape index (κ3) is 4.92. The third-order valence-electron chi connectivity index (χ3n) is 4.72. The summed E-state index contributed by atoms with van der Waals surface area (Å²) in [5.74, 6) is 3.54. The van der Waals surface area contributed by atoms with Crippen LogP contribution in [-0.2, 0) is 6.54 Å².